The average Bonchev–Trinajstić information content (AvgIpc) is 2.49. The lowest BCUT2D eigenvalue weighted by Crippen LogP contribution is -2.42. The van der Waals surface area contributed by atoms with Crippen LogP contribution < -0.4 is 15.8 Å². The Bertz CT molecular complexity index is 607. The van der Waals surface area contributed by atoms with E-state index in [4.69, 9.17) is 10.5 Å². The highest BCUT2D eigenvalue weighted by Gasteiger charge is 2.23. The third kappa shape index (κ3) is 3.36. The summed E-state index contributed by atoms with van der Waals surface area (Å²) in [5, 5.41) is 3.42. The summed E-state index contributed by atoms with van der Waals surface area (Å²) in [6, 6.07) is 8.20. The zero-order valence-corrected chi connectivity index (χ0v) is 12.9. The number of nitrogens with one attached hydrogen (secondary N) is 1. The number of hydrogen-bond donors (Lipinski definition) is 2. The molecule has 1 fully saturated rings. The molecule has 21 heavy (non-hydrogen) atoms. The largest absolute Gasteiger partial charge is 0.478 e. The number of benzene rings is 1. The van der Waals surface area contributed by atoms with Crippen molar-refractivity contribution >= 4 is 29.3 Å². The molecule has 0 saturated heterocycles. The van der Waals surface area contributed by atoms with E-state index in [0.717, 1.165) is 23.9 Å². The molecule has 2 aromatic rings. The van der Waals surface area contributed by atoms with Crippen molar-refractivity contribution in [2.75, 3.05) is 12.4 Å². The molecule has 0 amide bonds. The van der Waals surface area contributed by atoms with E-state index in [2.05, 4.69) is 15.3 Å². The van der Waals surface area contributed by atoms with Crippen LogP contribution in [-0.4, -0.2) is 29.2 Å². The summed E-state index contributed by atoms with van der Waals surface area (Å²) in [5.74, 6) is 1.22. The average molecular weight is 309 g/mol. The third-order valence-corrected chi connectivity index (χ3v) is 3.87. The zero-order chi connectivity index (χ0) is 13.9. The van der Waals surface area contributed by atoms with Crippen molar-refractivity contribution < 1.29 is 4.74 Å². The molecule has 0 radical (unpaired) electrons. The Morgan fingerprint density at radius 2 is 1.81 bits per heavy atom. The van der Waals surface area contributed by atoms with Gasteiger partial charge in [-0.25, -0.2) is 9.97 Å². The second kappa shape index (κ2) is 6.91. The minimum absolute atomic E-state index is 0. The Kier molecular flexibility index (Phi) is 5.20. The molecular weight excluding hydrogens is 288 g/mol. The number of fused-ring (bicyclic) bond motifs is 1. The predicted octanol–water partition coefficient (Wildman–Crippen LogP) is 2.74. The maximum atomic E-state index is 6.18. The quantitative estimate of drug-likeness (QED) is 0.912. The molecule has 1 aliphatic carbocycles. The number of halogens is 1. The van der Waals surface area contributed by atoms with E-state index in [0.29, 0.717) is 11.7 Å². The summed E-state index contributed by atoms with van der Waals surface area (Å²) in [6.45, 7) is 0. The topological polar surface area (TPSA) is 73.1 Å². The summed E-state index contributed by atoms with van der Waals surface area (Å²) < 4.78 is 5.35. The third-order valence-electron chi connectivity index (χ3n) is 3.87. The fraction of sp³-hybridized carbons (Fsp3) is 0.467. The number of ether oxygens (including phenoxy) is 1. The highest BCUT2D eigenvalue weighted by molar-refractivity contribution is 5.85. The molecule has 1 heterocycles. The van der Waals surface area contributed by atoms with Crippen LogP contribution in [-0.2, 0) is 0 Å². The van der Waals surface area contributed by atoms with Gasteiger partial charge in [0.25, 0.3) is 5.88 Å². The van der Waals surface area contributed by atoms with Crippen molar-refractivity contribution in [3.8, 4) is 5.88 Å². The second-order valence-electron chi connectivity index (χ2n) is 5.27. The van der Waals surface area contributed by atoms with Crippen molar-refractivity contribution in [3.05, 3.63) is 24.3 Å². The molecule has 5 nitrogen and oxygen atoms in total. The monoisotopic (exact) mass is 308 g/mol. The summed E-state index contributed by atoms with van der Waals surface area (Å²) in [6.07, 6.45) is 4.54. The number of anilines is 1. The molecule has 1 aromatic carbocycles. The molecule has 3 N–H and O–H groups in total. The smallest absolute Gasteiger partial charge is 0.257 e. The fourth-order valence-electron chi connectivity index (χ4n) is 2.73. The summed E-state index contributed by atoms with van der Waals surface area (Å²) in [4.78, 5) is 9.12. The number of nitrogens with two attached hydrogens (primary N) is 1. The van der Waals surface area contributed by atoms with Crippen molar-refractivity contribution in [3.63, 3.8) is 0 Å². The maximum Gasteiger partial charge on any atom is 0.257 e. The molecular formula is C15H21ClN4O. The van der Waals surface area contributed by atoms with Crippen LogP contribution in [0, 0.1) is 0 Å². The van der Waals surface area contributed by atoms with Gasteiger partial charge < -0.3 is 15.8 Å². The first-order valence-corrected chi connectivity index (χ1v) is 7.11. The summed E-state index contributed by atoms with van der Waals surface area (Å²) in [7, 11) is 1.62. The highest BCUT2D eigenvalue weighted by atomic mass is 35.5. The van der Waals surface area contributed by atoms with Gasteiger partial charge in [-0.1, -0.05) is 25.0 Å². The number of para-hydroxylation sites is 2. The van der Waals surface area contributed by atoms with Crippen LogP contribution in [0.2, 0.25) is 0 Å². The van der Waals surface area contributed by atoms with Gasteiger partial charge in [-0.3, -0.25) is 0 Å². The standard InChI is InChI=1S/C15H20N4O.ClH/c1-20-15-14(17-11-7-3-2-6-10(11)16)18-12-8-4-5-9-13(12)19-15;/h4-5,8-11H,2-3,6-7,16H2,1H3,(H,17,18);1H. The van der Waals surface area contributed by atoms with E-state index in [1.165, 1.54) is 12.8 Å². The molecule has 0 bridgehead atoms. The zero-order valence-electron chi connectivity index (χ0n) is 12.1. The Morgan fingerprint density at radius 1 is 1.14 bits per heavy atom. The number of hydrogen-bond acceptors (Lipinski definition) is 5. The molecule has 0 aliphatic heterocycles. The minimum Gasteiger partial charge on any atom is -0.478 e. The highest BCUT2D eigenvalue weighted by Crippen LogP contribution is 2.27. The van der Waals surface area contributed by atoms with Gasteiger partial charge in [0.2, 0.25) is 0 Å². The number of rotatable bonds is 3. The molecule has 0 spiro atoms. The van der Waals surface area contributed by atoms with Crippen LogP contribution in [0.15, 0.2) is 24.3 Å². The molecule has 6 heteroatoms. The Balaban J connectivity index is 0.00000161. The molecule has 3 rings (SSSR count). The van der Waals surface area contributed by atoms with Gasteiger partial charge in [0.05, 0.1) is 18.1 Å². The van der Waals surface area contributed by atoms with Gasteiger partial charge in [0.1, 0.15) is 0 Å². The second-order valence-corrected chi connectivity index (χ2v) is 5.27. The Labute approximate surface area is 130 Å². The van der Waals surface area contributed by atoms with E-state index < -0.39 is 0 Å². The van der Waals surface area contributed by atoms with Gasteiger partial charge in [-0.05, 0) is 25.0 Å². The summed E-state index contributed by atoms with van der Waals surface area (Å²) >= 11 is 0. The van der Waals surface area contributed by atoms with Crippen molar-refractivity contribution in [2.24, 2.45) is 5.73 Å². The van der Waals surface area contributed by atoms with E-state index in [1.54, 1.807) is 7.11 Å². The summed E-state index contributed by atoms with van der Waals surface area (Å²) in [5.41, 5.74) is 7.88. The Hall–Kier alpha value is -1.59. The minimum atomic E-state index is 0. The molecule has 114 valence electrons. The van der Waals surface area contributed by atoms with Crippen LogP contribution in [0.5, 0.6) is 5.88 Å². The van der Waals surface area contributed by atoms with Crippen LogP contribution in [0.25, 0.3) is 11.0 Å². The van der Waals surface area contributed by atoms with E-state index in [1.807, 2.05) is 24.3 Å². The molecule has 1 saturated carbocycles. The molecule has 1 aliphatic rings. The van der Waals surface area contributed by atoms with Crippen LogP contribution >= 0.6 is 12.4 Å². The van der Waals surface area contributed by atoms with Crippen molar-refractivity contribution in [1.29, 1.82) is 0 Å². The van der Waals surface area contributed by atoms with Gasteiger partial charge in [0.15, 0.2) is 5.82 Å². The van der Waals surface area contributed by atoms with Gasteiger partial charge in [0, 0.05) is 12.1 Å². The fourth-order valence-corrected chi connectivity index (χ4v) is 2.73. The van der Waals surface area contributed by atoms with Crippen LogP contribution in [0.1, 0.15) is 25.7 Å². The molecule has 2 atom stereocenters. The number of nitrogens with zero attached hydrogens (tertiary/aromatic N) is 2. The lowest BCUT2D eigenvalue weighted by atomic mass is 9.91. The van der Waals surface area contributed by atoms with Gasteiger partial charge in [-0.15, -0.1) is 12.4 Å². The van der Waals surface area contributed by atoms with E-state index in [-0.39, 0.29) is 24.5 Å². The van der Waals surface area contributed by atoms with Crippen molar-refractivity contribution in [1.82, 2.24) is 9.97 Å². The van der Waals surface area contributed by atoms with Crippen LogP contribution in [0.3, 0.4) is 0 Å². The first kappa shape index (κ1) is 15.8. The molecule has 2 unspecified atom stereocenters. The lowest BCUT2D eigenvalue weighted by molar-refractivity contribution is 0.387. The number of methoxy groups -OCH3 is 1. The number of aromatic nitrogens is 2. The molecule has 1 aromatic heterocycles. The first-order chi connectivity index (χ1) is 9.78. The van der Waals surface area contributed by atoms with Gasteiger partial charge >= 0.3 is 0 Å². The Morgan fingerprint density at radius 3 is 2.48 bits per heavy atom. The normalized spacial score (nSPS) is 21.6. The maximum absolute atomic E-state index is 6.18. The van der Waals surface area contributed by atoms with Gasteiger partial charge in [-0.2, -0.15) is 0 Å². The SMILES string of the molecule is COc1nc2ccccc2nc1NC1CCCCC1N.Cl. The predicted molar refractivity (Wildman–Crippen MR) is 87.2 cm³/mol. The van der Waals surface area contributed by atoms with E-state index in [9.17, 15) is 0 Å². The first-order valence-electron chi connectivity index (χ1n) is 7.11. The van der Waals surface area contributed by atoms with Crippen molar-refractivity contribution in [2.45, 2.75) is 37.8 Å². The van der Waals surface area contributed by atoms with E-state index >= 15 is 0 Å². The van der Waals surface area contributed by atoms with Crippen LogP contribution in [0.4, 0.5) is 5.82 Å². The lowest BCUT2D eigenvalue weighted by Gasteiger charge is -2.30.